The number of para-hydroxylation sites is 1. The van der Waals surface area contributed by atoms with Crippen molar-refractivity contribution in [3.05, 3.63) is 29.8 Å². The van der Waals surface area contributed by atoms with Crippen molar-refractivity contribution in [3.63, 3.8) is 0 Å². The summed E-state index contributed by atoms with van der Waals surface area (Å²) >= 11 is 0. The molecule has 1 aromatic rings. The summed E-state index contributed by atoms with van der Waals surface area (Å²) < 4.78 is 5.43. The van der Waals surface area contributed by atoms with Crippen LogP contribution in [0, 0.1) is 11.3 Å². The highest BCUT2D eigenvalue weighted by Gasteiger charge is 2.44. The standard InChI is InChI=1S/C18H28O2/c1-17(2)12-7-13-18(3,19)16(17)11-10-14-8-5-6-9-15(14)20-4/h5-6,8-9,16,19H,7,10-13H2,1-4H3. The summed E-state index contributed by atoms with van der Waals surface area (Å²) in [5.74, 6) is 1.30. The van der Waals surface area contributed by atoms with Crippen LogP contribution in [-0.4, -0.2) is 17.8 Å². The second-order valence-corrected chi connectivity index (χ2v) is 7.10. The lowest BCUT2D eigenvalue weighted by Crippen LogP contribution is -2.47. The minimum Gasteiger partial charge on any atom is -0.496 e. The van der Waals surface area contributed by atoms with E-state index in [0.717, 1.165) is 31.4 Å². The van der Waals surface area contributed by atoms with Gasteiger partial charge < -0.3 is 9.84 Å². The number of ether oxygens (including phenoxy) is 1. The van der Waals surface area contributed by atoms with E-state index < -0.39 is 5.60 Å². The Bertz CT molecular complexity index is 432. The van der Waals surface area contributed by atoms with Crippen molar-refractivity contribution >= 4 is 0 Å². The average Bonchev–Trinajstić information content (AvgIpc) is 2.37. The molecule has 0 spiro atoms. The van der Waals surface area contributed by atoms with Gasteiger partial charge in [0.05, 0.1) is 12.7 Å². The number of methoxy groups -OCH3 is 1. The van der Waals surface area contributed by atoms with Gasteiger partial charge in [-0.2, -0.15) is 0 Å². The molecule has 0 aromatic heterocycles. The molecule has 1 aliphatic rings. The van der Waals surface area contributed by atoms with Crippen LogP contribution in [0.2, 0.25) is 0 Å². The van der Waals surface area contributed by atoms with Crippen LogP contribution in [0.15, 0.2) is 24.3 Å². The number of aliphatic hydroxyl groups is 1. The highest BCUT2D eigenvalue weighted by Crippen LogP contribution is 2.48. The van der Waals surface area contributed by atoms with Crippen molar-refractivity contribution in [1.29, 1.82) is 0 Å². The van der Waals surface area contributed by atoms with E-state index in [0.29, 0.717) is 5.92 Å². The third-order valence-corrected chi connectivity index (χ3v) is 5.09. The minimum absolute atomic E-state index is 0.212. The lowest BCUT2D eigenvalue weighted by Gasteiger charge is -2.48. The summed E-state index contributed by atoms with van der Waals surface area (Å²) in [5, 5.41) is 10.7. The van der Waals surface area contributed by atoms with Crippen molar-refractivity contribution < 1.29 is 9.84 Å². The topological polar surface area (TPSA) is 29.5 Å². The molecule has 0 bridgehead atoms. The van der Waals surface area contributed by atoms with Crippen molar-refractivity contribution in [2.45, 2.75) is 58.5 Å². The Labute approximate surface area is 123 Å². The van der Waals surface area contributed by atoms with E-state index in [1.807, 2.05) is 19.1 Å². The van der Waals surface area contributed by atoms with E-state index in [1.54, 1.807) is 7.11 Å². The van der Waals surface area contributed by atoms with Crippen LogP contribution in [0.5, 0.6) is 5.75 Å². The second kappa shape index (κ2) is 5.77. The van der Waals surface area contributed by atoms with E-state index >= 15 is 0 Å². The predicted molar refractivity (Wildman–Crippen MR) is 83.1 cm³/mol. The van der Waals surface area contributed by atoms with Crippen LogP contribution >= 0.6 is 0 Å². The first-order valence-corrected chi connectivity index (χ1v) is 7.71. The Hall–Kier alpha value is -1.02. The van der Waals surface area contributed by atoms with Gasteiger partial charge in [-0.05, 0) is 55.6 Å². The van der Waals surface area contributed by atoms with E-state index in [2.05, 4.69) is 26.0 Å². The normalized spacial score (nSPS) is 29.1. The molecule has 0 radical (unpaired) electrons. The summed E-state index contributed by atoms with van der Waals surface area (Å²) in [6.07, 6.45) is 5.24. The monoisotopic (exact) mass is 276 g/mol. The number of aryl methyl sites for hydroxylation is 1. The number of benzene rings is 1. The maximum Gasteiger partial charge on any atom is 0.122 e. The maximum atomic E-state index is 10.7. The third-order valence-electron chi connectivity index (χ3n) is 5.09. The summed E-state index contributed by atoms with van der Waals surface area (Å²) in [6.45, 7) is 6.61. The molecular formula is C18H28O2. The van der Waals surface area contributed by atoms with Gasteiger partial charge in [-0.15, -0.1) is 0 Å². The van der Waals surface area contributed by atoms with E-state index in [4.69, 9.17) is 4.74 Å². The van der Waals surface area contributed by atoms with Gasteiger partial charge in [-0.1, -0.05) is 38.5 Å². The van der Waals surface area contributed by atoms with E-state index in [1.165, 1.54) is 12.0 Å². The lowest BCUT2D eigenvalue weighted by atomic mass is 9.60. The van der Waals surface area contributed by atoms with Gasteiger partial charge in [-0.3, -0.25) is 0 Å². The molecule has 0 saturated heterocycles. The van der Waals surface area contributed by atoms with Gasteiger partial charge in [0.1, 0.15) is 5.75 Å². The first-order chi connectivity index (χ1) is 9.37. The van der Waals surface area contributed by atoms with Crippen molar-refractivity contribution in [3.8, 4) is 5.75 Å². The highest BCUT2D eigenvalue weighted by atomic mass is 16.5. The molecule has 2 rings (SSSR count). The van der Waals surface area contributed by atoms with Crippen LogP contribution in [0.25, 0.3) is 0 Å². The molecule has 0 aliphatic heterocycles. The lowest BCUT2D eigenvalue weighted by molar-refractivity contribution is -0.0919. The molecule has 1 fully saturated rings. The predicted octanol–water partition coefficient (Wildman–Crippen LogP) is 4.21. The fourth-order valence-electron chi connectivity index (χ4n) is 4.00. The number of hydrogen-bond donors (Lipinski definition) is 1. The Kier molecular flexibility index (Phi) is 4.43. The fourth-order valence-corrected chi connectivity index (χ4v) is 4.00. The Morgan fingerprint density at radius 2 is 1.90 bits per heavy atom. The fraction of sp³-hybridized carbons (Fsp3) is 0.667. The number of hydrogen-bond acceptors (Lipinski definition) is 2. The molecule has 0 amide bonds. The molecule has 1 aliphatic carbocycles. The largest absolute Gasteiger partial charge is 0.496 e. The zero-order chi connectivity index (χ0) is 14.8. The molecule has 1 saturated carbocycles. The van der Waals surface area contributed by atoms with Crippen LogP contribution < -0.4 is 4.74 Å². The second-order valence-electron chi connectivity index (χ2n) is 7.10. The number of rotatable bonds is 4. The molecule has 112 valence electrons. The van der Waals surface area contributed by atoms with Crippen molar-refractivity contribution in [2.75, 3.05) is 7.11 Å². The zero-order valence-electron chi connectivity index (χ0n) is 13.3. The highest BCUT2D eigenvalue weighted by molar-refractivity contribution is 5.33. The molecule has 2 unspecified atom stereocenters. The zero-order valence-corrected chi connectivity index (χ0v) is 13.3. The van der Waals surface area contributed by atoms with Gasteiger partial charge in [0.2, 0.25) is 0 Å². The summed E-state index contributed by atoms with van der Waals surface area (Å²) in [5.41, 5.74) is 0.917. The molecule has 0 heterocycles. The molecular weight excluding hydrogens is 248 g/mol. The van der Waals surface area contributed by atoms with E-state index in [-0.39, 0.29) is 5.41 Å². The molecule has 2 nitrogen and oxygen atoms in total. The molecule has 1 aromatic carbocycles. The van der Waals surface area contributed by atoms with Crippen LogP contribution in [0.3, 0.4) is 0 Å². The first kappa shape index (κ1) is 15.4. The Morgan fingerprint density at radius 3 is 2.55 bits per heavy atom. The van der Waals surface area contributed by atoms with Gasteiger partial charge in [-0.25, -0.2) is 0 Å². The Balaban J connectivity index is 2.11. The molecule has 20 heavy (non-hydrogen) atoms. The third kappa shape index (κ3) is 3.17. The molecule has 2 heteroatoms. The van der Waals surface area contributed by atoms with Crippen LogP contribution in [0.1, 0.15) is 52.0 Å². The molecule has 2 atom stereocenters. The maximum absolute atomic E-state index is 10.7. The minimum atomic E-state index is -0.538. The van der Waals surface area contributed by atoms with Crippen LogP contribution in [0.4, 0.5) is 0 Å². The Morgan fingerprint density at radius 1 is 1.20 bits per heavy atom. The van der Waals surface area contributed by atoms with Gasteiger partial charge in [0.15, 0.2) is 0 Å². The van der Waals surface area contributed by atoms with E-state index in [9.17, 15) is 5.11 Å². The first-order valence-electron chi connectivity index (χ1n) is 7.71. The SMILES string of the molecule is COc1ccccc1CCC1C(C)(C)CCCC1(C)O. The van der Waals surface area contributed by atoms with Gasteiger partial charge in [0, 0.05) is 0 Å². The summed E-state index contributed by atoms with van der Waals surface area (Å²) in [7, 11) is 1.72. The summed E-state index contributed by atoms with van der Waals surface area (Å²) in [6, 6.07) is 8.20. The smallest absolute Gasteiger partial charge is 0.122 e. The average molecular weight is 276 g/mol. The summed E-state index contributed by atoms with van der Waals surface area (Å²) in [4.78, 5) is 0. The van der Waals surface area contributed by atoms with Gasteiger partial charge >= 0.3 is 0 Å². The molecule has 1 N–H and O–H groups in total. The van der Waals surface area contributed by atoms with Gasteiger partial charge in [0.25, 0.3) is 0 Å². The van der Waals surface area contributed by atoms with Crippen molar-refractivity contribution in [2.24, 2.45) is 11.3 Å². The van der Waals surface area contributed by atoms with Crippen LogP contribution in [-0.2, 0) is 6.42 Å². The quantitative estimate of drug-likeness (QED) is 0.893. The van der Waals surface area contributed by atoms with Crippen molar-refractivity contribution in [1.82, 2.24) is 0 Å².